The minimum absolute atomic E-state index is 0.140. The molecule has 0 spiro atoms. The van der Waals surface area contributed by atoms with Gasteiger partial charge in [0.1, 0.15) is 0 Å². The van der Waals surface area contributed by atoms with E-state index in [1.165, 1.54) is 24.2 Å². The molecule has 1 amide bonds. The minimum atomic E-state index is -0.140. The number of aromatic nitrogens is 2. The summed E-state index contributed by atoms with van der Waals surface area (Å²) in [4.78, 5) is 23.7. The molecule has 0 aromatic carbocycles. The minimum Gasteiger partial charge on any atom is -0.341 e. The van der Waals surface area contributed by atoms with E-state index in [1.807, 2.05) is 5.38 Å². The second-order valence-corrected chi connectivity index (χ2v) is 7.35. The maximum atomic E-state index is 12.1. The Morgan fingerprint density at radius 2 is 2.05 bits per heavy atom. The third kappa shape index (κ3) is 3.64. The maximum absolute atomic E-state index is 12.1. The summed E-state index contributed by atoms with van der Waals surface area (Å²) in [7, 11) is 0. The predicted molar refractivity (Wildman–Crippen MR) is 92.6 cm³/mol. The van der Waals surface area contributed by atoms with E-state index in [4.69, 9.17) is 0 Å². The van der Waals surface area contributed by atoms with Crippen LogP contribution in [-0.2, 0) is 0 Å². The fraction of sp³-hybridized carbons (Fsp3) is 0.400. The zero-order valence-electron chi connectivity index (χ0n) is 12.3. The quantitative estimate of drug-likeness (QED) is 0.879. The molecule has 2 aromatic heterocycles. The Balaban J connectivity index is 1.63. The normalized spacial score (nSPS) is 15.8. The zero-order chi connectivity index (χ0) is 15.5. The van der Waals surface area contributed by atoms with Gasteiger partial charge in [0.2, 0.25) is 5.95 Å². The first kappa shape index (κ1) is 15.4. The van der Waals surface area contributed by atoms with Crippen LogP contribution in [0.5, 0.6) is 0 Å². The number of amides is 1. The van der Waals surface area contributed by atoms with Gasteiger partial charge in [0, 0.05) is 22.9 Å². The van der Waals surface area contributed by atoms with E-state index in [0.717, 1.165) is 29.4 Å². The standard InChI is InChI=1S/C15H17BrN4OS/c1-10-2-4-20(5-3-10)15-17-7-12(8-18-15)19-14(21)13-6-11(16)9-22-13/h6-10H,2-5H2,1H3,(H,19,21). The van der Waals surface area contributed by atoms with Crippen molar-refractivity contribution in [2.24, 2.45) is 5.92 Å². The van der Waals surface area contributed by atoms with Crippen molar-refractivity contribution in [2.75, 3.05) is 23.3 Å². The molecule has 5 nitrogen and oxygen atoms in total. The van der Waals surface area contributed by atoms with Gasteiger partial charge in [0.25, 0.3) is 5.91 Å². The molecule has 1 aliphatic rings. The lowest BCUT2D eigenvalue weighted by molar-refractivity contribution is 0.103. The van der Waals surface area contributed by atoms with E-state index in [0.29, 0.717) is 10.6 Å². The summed E-state index contributed by atoms with van der Waals surface area (Å²) < 4.78 is 0.911. The highest BCUT2D eigenvalue weighted by Gasteiger charge is 2.18. The van der Waals surface area contributed by atoms with Crippen molar-refractivity contribution in [1.82, 2.24) is 9.97 Å². The lowest BCUT2D eigenvalue weighted by Gasteiger charge is -2.30. The molecule has 7 heteroatoms. The van der Waals surface area contributed by atoms with Crippen LogP contribution in [0.1, 0.15) is 29.4 Å². The zero-order valence-corrected chi connectivity index (χ0v) is 14.7. The van der Waals surface area contributed by atoms with Gasteiger partial charge in [-0.15, -0.1) is 11.3 Å². The van der Waals surface area contributed by atoms with Gasteiger partial charge in [-0.2, -0.15) is 0 Å². The van der Waals surface area contributed by atoms with E-state index in [-0.39, 0.29) is 5.91 Å². The van der Waals surface area contributed by atoms with Crippen LogP contribution in [-0.4, -0.2) is 29.0 Å². The molecular formula is C15H17BrN4OS. The van der Waals surface area contributed by atoms with Crippen molar-refractivity contribution in [2.45, 2.75) is 19.8 Å². The first-order chi connectivity index (χ1) is 10.6. The fourth-order valence-electron chi connectivity index (χ4n) is 2.38. The summed E-state index contributed by atoms with van der Waals surface area (Å²) in [6, 6.07) is 1.80. The number of carbonyl (C=O) groups is 1. The number of hydrogen-bond acceptors (Lipinski definition) is 5. The van der Waals surface area contributed by atoms with Crippen molar-refractivity contribution < 1.29 is 4.79 Å². The third-order valence-electron chi connectivity index (χ3n) is 3.75. The summed E-state index contributed by atoms with van der Waals surface area (Å²) in [6.45, 7) is 4.27. The van der Waals surface area contributed by atoms with Gasteiger partial charge in [-0.05, 0) is 40.8 Å². The molecule has 1 N–H and O–H groups in total. The first-order valence-electron chi connectivity index (χ1n) is 7.24. The molecule has 3 heterocycles. The largest absolute Gasteiger partial charge is 0.341 e. The lowest BCUT2D eigenvalue weighted by atomic mass is 10.00. The van der Waals surface area contributed by atoms with E-state index in [2.05, 4.69) is 43.0 Å². The highest BCUT2D eigenvalue weighted by atomic mass is 79.9. The van der Waals surface area contributed by atoms with E-state index in [9.17, 15) is 4.79 Å². The maximum Gasteiger partial charge on any atom is 0.265 e. The van der Waals surface area contributed by atoms with Gasteiger partial charge < -0.3 is 10.2 Å². The van der Waals surface area contributed by atoms with E-state index in [1.54, 1.807) is 18.5 Å². The Kier molecular flexibility index (Phi) is 4.73. The Morgan fingerprint density at radius 1 is 1.36 bits per heavy atom. The Labute approximate surface area is 141 Å². The van der Waals surface area contributed by atoms with Crippen LogP contribution in [0.25, 0.3) is 0 Å². The molecular weight excluding hydrogens is 364 g/mol. The fourth-order valence-corrected chi connectivity index (χ4v) is 3.70. The molecule has 0 bridgehead atoms. The summed E-state index contributed by atoms with van der Waals surface area (Å²) >= 11 is 4.74. The van der Waals surface area contributed by atoms with Crippen LogP contribution < -0.4 is 10.2 Å². The molecule has 1 aliphatic heterocycles. The van der Waals surface area contributed by atoms with Gasteiger partial charge in [-0.25, -0.2) is 9.97 Å². The Morgan fingerprint density at radius 3 is 2.64 bits per heavy atom. The number of halogens is 1. The second kappa shape index (κ2) is 6.75. The van der Waals surface area contributed by atoms with Crippen molar-refractivity contribution in [3.63, 3.8) is 0 Å². The van der Waals surface area contributed by atoms with Crippen LogP contribution in [0.15, 0.2) is 28.3 Å². The first-order valence-corrected chi connectivity index (χ1v) is 8.91. The van der Waals surface area contributed by atoms with Crippen LogP contribution in [0.4, 0.5) is 11.6 Å². The number of nitrogens with zero attached hydrogens (tertiary/aromatic N) is 3. The average molecular weight is 381 g/mol. The lowest BCUT2D eigenvalue weighted by Crippen LogP contribution is -2.34. The van der Waals surface area contributed by atoms with E-state index >= 15 is 0 Å². The number of carbonyl (C=O) groups excluding carboxylic acids is 1. The summed E-state index contributed by atoms with van der Waals surface area (Å²) in [5.74, 6) is 1.38. The van der Waals surface area contributed by atoms with Crippen LogP contribution in [0.2, 0.25) is 0 Å². The number of anilines is 2. The molecule has 1 saturated heterocycles. The number of thiophene rings is 1. The average Bonchev–Trinajstić information content (AvgIpc) is 2.96. The molecule has 0 aliphatic carbocycles. The number of hydrogen-bond donors (Lipinski definition) is 1. The molecule has 2 aromatic rings. The third-order valence-corrected chi connectivity index (χ3v) is 5.44. The van der Waals surface area contributed by atoms with Crippen molar-refractivity contribution in [1.29, 1.82) is 0 Å². The summed E-state index contributed by atoms with van der Waals surface area (Å²) in [6.07, 6.45) is 5.69. The van der Waals surface area contributed by atoms with Gasteiger partial charge >= 0.3 is 0 Å². The molecule has 1 fully saturated rings. The molecule has 0 unspecified atom stereocenters. The second-order valence-electron chi connectivity index (χ2n) is 5.52. The monoisotopic (exact) mass is 380 g/mol. The predicted octanol–water partition coefficient (Wildman–Crippen LogP) is 3.79. The SMILES string of the molecule is CC1CCN(c2ncc(NC(=O)c3cc(Br)cs3)cn2)CC1. The molecule has 116 valence electrons. The van der Waals surface area contributed by atoms with Crippen molar-refractivity contribution in [3.8, 4) is 0 Å². The summed E-state index contributed by atoms with van der Waals surface area (Å²) in [5, 5.41) is 4.70. The summed E-state index contributed by atoms with van der Waals surface area (Å²) in [5.41, 5.74) is 0.614. The molecule has 22 heavy (non-hydrogen) atoms. The topological polar surface area (TPSA) is 58.1 Å². The Bertz CT molecular complexity index is 650. The molecule has 0 radical (unpaired) electrons. The van der Waals surface area contributed by atoms with Gasteiger partial charge in [-0.1, -0.05) is 6.92 Å². The highest BCUT2D eigenvalue weighted by Crippen LogP contribution is 2.22. The smallest absolute Gasteiger partial charge is 0.265 e. The molecule has 3 rings (SSSR count). The van der Waals surface area contributed by atoms with Crippen LogP contribution >= 0.6 is 27.3 Å². The molecule has 0 saturated carbocycles. The van der Waals surface area contributed by atoms with Crippen LogP contribution in [0.3, 0.4) is 0 Å². The van der Waals surface area contributed by atoms with Gasteiger partial charge in [0.15, 0.2) is 0 Å². The van der Waals surface area contributed by atoms with E-state index < -0.39 is 0 Å². The van der Waals surface area contributed by atoms with Crippen LogP contribution in [0, 0.1) is 5.92 Å². The Hall–Kier alpha value is -1.47. The van der Waals surface area contributed by atoms with Crippen molar-refractivity contribution >= 4 is 44.8 Å². The number of nitrogens with one attached hydrogen (secondary N) is 1. The molecule has 0 atom stereocenters. The van der Waals surface area contributed by atoms with Gasteiger partial charge in [0.05, 0.1) is 23.0 Å². The number of rotatable bonds is 3. The van der Waals surface area contributed by atoms with Crippen molar-refractivity contribution in [3.05, 3.63) is 33.2 Å². The number of piperidine rings is 1. The highest BCUT2D eigenvalue weighted by molar-refractivity contribution is 9.10. The van der Waals surface area contributed by atoms with Gasteiger partial charge in [-0.3, -0.25) is 4.79 Å².